The van der Waals surface area contributed by atoms with Gasteiger partial charge in [0.25, 0.3) is 5.91 Å². The Morgan fingerprint density at radius 2 is 1.50 bits per heavy atom. The van der Waals surface area contributed by atoms with Crippen LogP contribution >= 0.6 is 0 Å². The first-order valence-electron chi connectivity index (χ1n) is 11.8. The normalized spacial score (nSPS) is 21.2. The Morgan fingerprint density at radius 3 is 2.25 bits per heavy atom. The number of carbonyl (C=O) groups is 3. The molecule has 2 aliphatic heterocycles. The molecule has 3 amide bonds. The minimum atomic E-state index is -0.948. The average Bonchev–Trinajstić information content (AvgIpc) is 3.40. The van der Waals surface area contributed by atoms with Gasteiger partial charge in [0.2, 0.25) is 11.8 Å². The largest absolute Gasteiger partial charge is 0.326 e. The van der Waals surface area contributed by atoms with Crippen LogP contribution in [0.25, 0.3) is 10.8 Å². The molecule has 0 unspecified atom stereocenters. The molecule has 2 heterocycles. The number of hydrogen-bond acceptors (Lipinski definition) is 5. The summed E-state index contributed by atoms with van der Waals surface area (Å²) in [7, 11) is 0. The quantitative estimate of drug-likeness (QED) is 0.425. The van der Waals surface area contributed by atoms with Crippen LogP contribution in [0.1, 0.15) is 18.5 Å². The number of amides is 3. The third-order valence-electron chi connectivity index (χ3n) is 6.71. The molecule has 4 aromatic carbocycles. The maximum Gasteiger partial charge on any atom is 0.266 e. The van der Waals surface area contributed by atoms with Crippen molar-refractivity contribution in [2.75, 3.05) is 15.3 Å². The van der Waals surface area contributed by atoms with E-state index in [1.165, 1.54) is 11.8 Å². The van der Waals surface area contributed by atoms with Gasteiger partial charge in [-0.2, -0.15) is 0 Å². The molecule has 2 fully saturated rings. The minimum absolute atomic E-state index is 0.166. The van der Waals surface area contributed by atoms with E-state index in [0.717, 1.165) is 22.0 Å². The van der Waals surface area contributed by atoms with E-state index >= 15 is 0 Å². The van der Waals surface area contributed by atoms with Gasteiger partial charge in [-0.1, -0.05) is 66.7 Å². The number of rotatable bonds is 4. The number of fused-ring (bicyclic) bond motifs is 2. The van der Waals surface area contributed by atoms with Crippen molar-refractivity contribution in [3.63, 3.8) is 0 Å². The van der Waals surface area contributed by atoms with E-state index in [9.17, 15) is 14.4 Å². The summed E-state index contributed by atoms with van der Waals surface area (Å²) in [6.45, 7) is 1.45. The van der Waals surface area contributed by atoms with Gasteiger partial charge in [0.1, 0.15) is 5.92 Å². The van der Waals surface area contributed by atoms with E-state index in [0.29, 0.717) is 11.4 Å². The SMILES string of the molecule is CC(=O)Nc1ccc([C@@H]2[C@H]3C(=O)N(c4cccc5ccccc45)C(=O)[C@H]3ON2c2ccccc2)cc1. The second-order valence-electron chi connectivity index (χ2n) is 8.97. The molecule has 7 heteroatoms. The van der Waals surface area contributed by atoms with Crippen molar-refractivity contribution in [1.82, 2.24) is 0 Å². The first-order valence-corrected chi connectivity index (χ1v) is 11.8. The van der Waals surface area contributed by atoms with Gasteiger partial charge in [-0.25, -0.2) is 9.96 Å². The summed E-state index contributed by atoms with van der Waals surface area (Å²) in [6, 6.07) is 29.5. The van der Waals surface area contributed by atoms with Crippen LogP contribution in [0.2, 0.25) is 0 Å². The summed E-state index contributed by atoms with van der Waals surface area (Å²) >= 11 is 0. The van der Waals surface area contributed by atoms with Crippen LogP contribution in [-0.4, -0.2) is 23.8 Å². The van der Waals surface area contributed by atoms with E-state index in [4.69, 9.17) is 4.84 Å². The Balaban J connectivity index is 1.43. The third kappa shape index (κ3) is 3.52. The molecule has 2 aliphatic rings. The molecular formula is C29H23N3O4. The van der Waals surface area contributed by atoms with Gasteiger partial charge in [0.15, 0.2) is 6.10 Å². The maximum atomic E-state index is 14.0. The monoisotopic (exact) mass is 477 g/mol. The van der Waals surface area contributed by atoms with Gasteiger partial charge < -0.3 is 5.32 Å². The van der Waals surface area contributed by atoms with E-state index in [2.05, 4.69) is 5.32 Å². The Hall–Kier alpha value is -4.49. The predicted molar refractivity (Wildman–Crippen MR) is 137 cm³/mol. The number of benzene rings is 4. The second-order valence-corrected chi connectivity index (χ2v) is 8.97. The number of imide groups is 1. The summed E-state index contributed by atoms with van der Waals surface area (Å²) in [5.74, 6) is -1.57. The van der Waals surface area contributed by atoms with Crippen LogP contribution in [-0.2, 0) is 19.2 Å². The Morgan fingerprint density at radius 1 is 0.806 bits per heavy atom. The van der Waals surface area contributed by atoms with Crippen LogP contribution in [0, 0.1) is 5.92 Å². The van der Waals surface area contributed by atoms with Crippen molar-refractivity contribution in [2.45, 2.75) is 19.1 Å². The van der Waals surface area contributed by atoms with Crippen molar-refractivity contribution >= 4 is 45.6 Å². The fourth-order valence-corrected chi connectivity index (χ4v) is 5.16. The molecule has 2 saturated heterocycles. The van der Waals surface area contributed by atoms with Gasteiger partial charge in [-0.3, -0.25) is 19.2 Å². The second kappa shape index (κ2) is 8.62. The van der Waals surface area contributed by atoms with Crippen molar-refractivity contribution in [3.05, 3.63) is 103 Å². The molecule has 0 bridgehead atoms. The average molecular weight is 478 g/mol. The zero-order chi connectivity index (χ0) is 24.8. The molecule has 178 valence electrons. The summed E-state index contributed by atoms with van der Waals surface area (Å²) in [4.78, 5) is 46.6. The number of nitrogens with one attached hydrogen (secondary N) is 1. The van der Waals surface area contributed by atoms with E-state index in [1.54, 1.807) is 23.3 Å². The van der Waals surface area contributed by atoms with Crippen molar-refractivity contribution in [3.8, 4) is 0 Å². The first kappa shape index (κ1) is 22.0. The topological polar surface area (TPSA) is 79.0 Å². The third-order valence-corrected chi connectivity index (χ3v) is 6.71. The number of hydrogen-bond donors (Lipinski definition) is 1. The molecule has 4 aromatic rings. The van der Waals surface area contributed by atoms with Gasteiger partial charge in [0, 0.05) is 18.0 Å². The molecule has 0 saturated carbocycles. The summed E-state index contributed by atoms with van der Waals surface area (Å²) in [6.07, 6.45) is -0.948. The summed E-state index contributed by atoms with van der Waals surface area (Å²) in [5.41, 5.74) is 2.77. The molecule has 3 atom stereocenters. The lowest BCUT2D eigenvalue weighted by molar-refractivity contribution is -0.126. The molecule has 1 N–H and O–H groups in total. The number of hydroxylamine groups is 1. The summed E-state index contributed by atoms with van der Waals surface area (Å²) < 4.78 is 0. The number of carbonyl (C=O) groups excluding carboxylic acids is 3. The van der Waals surface area contributed by atoms with E-state index < -0.39 is 18.1 Å². The predicted octanol–water partition coefficient (Wildman–Crippen LogP) is 4.85. The Kier molecular flexibility index (Phi) is 5.27. The van der Waals surface area contributed by atoms with E-state index in [1.807, 2.05) is 78.9 Å². The van der Waals surface area contributed by atoms with Gasteiger partial charge in [-0.15, -0.1) is 0 Å². The lowest BCUT2D eigenvalue weighted by Crippen LogP contribution is -2.37. The first-order chi connectivity index (χ1) is 17.5. The zero-order valence-electron chi connectivity index (χ0n) is 19.5. The van der Waals surface area contributed by atoms with E-state index in [-0.39, 0.29) is 17.7 Å². The number of nitrogens with zero attached hydrogens (tertiary/aromatic N) is 2. The standard InChI is InChI=1S/C29H23N3O4/c1-18(33)30-21-16-14-20(15-17-21)26-25-27(36-32(26)22-10-3-2-4-11-22)29(35)31(28(25)34)24-13-7-9-19-8-5-6-12-23(19)24/h2-17,25-27H,1H3,(H,30,33)/t25-,26-,27+/m1/s1. The highest BCUT2D eigenvalue weighted by Crippen LogP contribution is 2.48. The van der Waals surface area contributed by atoms with Crippen LogP contribution in [0.5, 0.6) is 0 Å². The molecule has 0 radical (unpaired) electrons. The summed E-state index contributed by atoms with van der Waals surface area (Å²) in [5, 5.41) is 6.21. The fraction of sp³-hybridized carbons (Fsp3) is 0.138. The molecule has 7 nitrogen and oxygen atoms in total. The number of para-hydroxylation sites is 1. The van der Waals surface area contributed by atoms with Crippen molar-refractivity contribution in [2.24, 2.45) is 5.92 Å². The lowest BCUT2D eigenvalue weighted by Gasteiger charge is -2.29. The minimum Gasteiger partial charge on any atom is -0.326 e. The smallest absolute Gasteiger partial charge is 0.266 e. The maximum absolute atomic E-state index is 14.0. The zero-order valence-corrected chi connectivity index (χ0v) is 19.5. The van der Waals surface area contributed by atoms with Crippen LogP contribution < -0.4 is 15.3 Å². The van der Waals surface area contributed by atoms with Crippen LogP contribution in [0.15, 0.2) is 97.1 Å². The lowest BCUT2D eigenvalue weighted by atomic mass is 9.90. The Labute approximate surface area is 207 Å². The highest BCUT2D eigenvalue weighted by Gasteiger charge is 2.60. The fourth-order valence-electron chi connectivity index (χ4n) is 5.16. The molecular weight excluding hydrogens is 454 g/mol. The molecule has 0 spiro atoms. The van der Waals surface area contributed by atoms with Crippen LogP contribution in [0.4, 0.5) is 17.1 Å². The Bertz CT molecular complexity index is 1480. The highest BCUT2D eigenvalue weighted by molar-refractivity contribution is 6.26. The molecule has 36 heavy (non-hydrogen) atoms. The van der Waals surface area contributed by atoms with Crippen molar-refractivity contribution in [1.29, 1.82) is 0 Å². The molecule has 0 aliphatic carbocycles. The highest BCUT2D eigenvalue weighted by atomic mass is 16.7. The van der Waals surface area contributed by atoms with Gasteiger partial charge in [-0.05, 0) is 41.3 Å². The van der Waals surface area contributed by atoms with Crippen molar-refractivity contribution < 1.29 is 19.2 Å². The molecule has 6 rings (SSSR count). The number of anilines is 3. The molecule has 0 aromatic heterocycles. The van der Waals surface area contributed by atoms with Gasteiger partial charge >= 0.3 is 0 Å². The van der Waals surface area contributed by atoms with Gasteiger partial charge in [0.05, 0.1) is 17.4 Å². The van der Waals surface area contributed by atoms with Crippen LogP contribution in [0.3, 0.4) is 0 Å².